The molecule has 0 radical (unpaired) electrons. The van der Waals surface area contributed by atoms with E-state index in [1.54, 1.807) is 16.8 Å². The van der Waals surface area contributed by atoms with Crippen LogP contribution in [0.3, 0.4) is 0 Å². The smallest absolute Gasteiger partial charge is 0.273 e. The highest BCUT2D eigenvalue weighted by Gasteiger charge is 2.34. The van der Waals surface area contributed by atoms with Gasteiger partial charge < -0.3 is 10.1 Å². The van der Waals surface area contributed by atoms with E-state index in [1.807, 2.05) is 42.5 Å². The van der Waals surface area contributed by atoms with Crippen molar-refractivity contribution in [2.24, 2.45) is 0 Å². The third-order valence-corrected chi connectivity index (χ3v) is 4.57. The lowest BCUT2D eigenvalue weighted by atomic mass is 10.2. The molecule has 0 saturated heterocycles. The van der Waals surface area contributed by atoms with Crippen LogP contribution >= 0.6 is 11.6 Å². The zero-order valence-electron chi connectivity index (χ0n) is 14.6. The summed E-state index contributed by atoms with van der Waals surface area (Å²) in [6.07, 6.45) is 2.11. The summed E-state index contributed by atoms with van der Waals surface area (Å²) in [6.45, 7) is 0.714. The van der Waals surface area contributed by atoms with E-state index >= 15 is 0 Å². The predicted octanol–water partition coefficient (Wildman–Crippen LogP) is 3.61. The van der Waals surface area contributed by atoms with Gasteiger partial charge in [-0.25, -0.2) is 4.68 Å². The molecule has 0 bridgehead atoms. The molecule has 0 atom stereocenters. The summed E-state index contributed by atoms with van der Waals surface area (Å²) >= 11 is 5.93. The molecule has 0 spiro atoms. The number of para-hydroxylation sites is 1. The van der Waals surface area contributed by atoms with Crippen molar-refractivity contribution in [3.05, 3.63) is 71.0 Å². The van der Waals surface area contributed by atoms with Crippen LogP contribution in [0.4, 0.5) is 0 Å². The first-order chi connectivity index (χ1) is 13.2. The zero-order chi connectivity index (χ0) is 18.6. The summed E-state index contributed by atoms with van der Waals surface area (Å²) in [7, 11) is 0. The van der Waals surface area contributed by atoms with Crippen molar-refractivity contribution in [3.8, 4) is 11.4 Å². The normalized spacial score (nSPS) is 13.4. The van der Waals surface area contributed by atoms with Crippen LogP contribution in [0, 0.1) is 0 Å². The SMILES string of the molecule is O=C(NCCOc1cccc(Cl)c1)c1nnn(-c2ccccc2)c1C1CC1. The molecular weight excluding hydrogens is 364 g/mol. The highest BCUT2D eigenvalue weighted by atomic mass is 35.5. The summed E-state index contributed by atoms with van der Waals surface area (Å²) in [6, 6.07) is 16.9. The quantitative estimate of drug-likeness (QED) is 0.634. The molecule has 1 saturated carbocycles. The second-order valence-corrected chi connectivity index (χ2v) is 6.84. The highest BCUT2D eigenvalue weighted by Crippen LogP contribution is 2.41. The molecule has 1 N–H and O–H groups in total. The fraction of sp³-hybridized carbons (Fsp3) is 0.250. The molecular formula is C20H19ClN4O2. The molecule has 3 aromatic rings. The van der Waals surface area contributed by atoms with E-state index in [-0.39, 0.29) is 5.91 Å². The van der Waals surface area contributed by atoms with E-state index in [0.717, 1.165) is 24.2 Å². The molecule has 1 heterocycles. The van der Waals surface area contributed by atoms with Gasteiger partial charge in [0, 0.05) is 10.9 Å². The zero-order valence-corrected chi connectivity index (χ0v) is 15.4. The Morgan fingerprint density at radius 1 is 1.19 bits per heavy atom. The van der Waals surface area contributed by atoms with Gasteiger partial charge in [0.1, 0.15) is 12.4 Å². The summed E-state index contributed by atoms with van der Waals surface area (Å²) in [4.78, 5) is 12.6. The average Bonchev–Trinajstić information content (AvgIpc) is 3.43. The Kier molecular flexibility index (Phi) is 5.07. The molecule has 138 valence electrons. The van der Waals surface area contributed by atoms with Crippen molar-refractivity contribution in [3.63, 3.8) is 0 Å². The minimum Gasteiger partial charge on any atom is -0.492 e. The summed E-state index contributed by atoms with van der Waals surface area (Å²) in [5.74, 6) is 0.780. The van der Waals surface area contributed by atoms with Gasteiger partial charge in [-0.05, 0) is 43.2 Å². The highest BCUT2D eigenvalue weighted by molar-refractivity contribution is 6.30. The number of hydrogen-bond acceptors (Lipinski definition) is 4. The first-order valence-corrected chi connectivity index (χ1v) is 9.28. The number of ether oxygens (including phenoxy) is 1. The van der Waals surface area contributed by atoms with Crippen molar-refractivity contribution in [1.82, 2.24) is 20.3 Å². The molecule has 0 aliphatic heterocycles. The Morgan fingerprint density at radius 3 is 2.74 bits per heavy atom. The molecule has 27 heavy (non-hydrogen) atoms. The first kappa shape index (κ1) is 17.5. The third-order valence-electron chi connectivity index (χ3n) is 4.34. The standard InChI is InChI=1S/C20H19ClN4O2/c21-15-5-4-8-17(13-15)27-12-11-22-20(26)18-19(14-9-10-14)25(24-23-18)16-6-2-1-3-7-16/h1-8,13-14H,9-12H2,(H,22,26). The lowest BCUT2D eigenvalue weighted by Crippen LogP contribution is -2.29. The summed E-state index contributed by atoms with van der Waals surface area (Å²) in [5, 5.41) is 11.8. The topological polar surface area (TPSA) is 69.0 Å². The second kappa shape index (κ2) is 7.80. The number of aromatic nitrogens is 3. The summed E-state index contributed by atoms with van der Waals surface area (Å²) in [5.41, 5.74) is 2.19. The van der Waals surface area contributed by atoms with E-state index < -0.39 is 0 Å². The maximum Gasteiger partial charge on any atom is 0.273 e. The molecule has 1 aromatic heterocycles. The Balaban J connectivity index is 1.41. The van der Waals surface area contributed by atoms with Gasteiger partial charge in [-0.3, -0.25) is 4.79 Å². The van der Waals surface area contributed by atoms with E-state index in [0.29, 0.717) is 35.5 Å². The third kappa shape index (κ3) is 4.11. The number of amides is 1. The summed E-state index contributed by atoms with van der Waals surface area (Å²) < 4.78 is 7.37. The van der Waals surface area contributed by atoms with Gasteiger partial charge >= 0.3 is 0 Å². The van der Waals surface area contributed by atoms with Gasteiger partial charge in [0.15, 0.2) is 5.69 Å². The van der Waals surface area contributed by atoms with Crippen molar-refractivity contribution < 1.29 is 9.53 Å². The number of rotatable bonds is 7. The van der Waals surface area contributed by atoms with Gasteiger partial charge in [-0.15, -0.1) is 5.10 Å². The Bertz CT molecular complexity index is 938. The minimum atomic E-state index is -0.228. The van der Waals surface area contributed by atoms with Crippen LogP contribution in [-0.4, -0.2) is 34.1 Å². The Morgan fingerprint density at radius 2 is 2.00 bits per heavy atom. The van der Waals surface area contributed by atoms with Gasteiger partial charge in [0.25, 0.3) is 5.91 Å². The van der Waals surface area contributed by atoms with Crippen molar-refractivity contribution in [2.75, 3.05) is 13.2 Å². The van der Waals surface area contributed by atoms with Crippen LogP contribution in [0.15, 0.2) is 54.6 Å². The largest absolute Gasteiger partial charge is 0.492 e. The fourth-order valence-electron chi connectivity index (χ4n) is 2.91. The van der Waals surface area contributed by atoms with E-state index in [1.165, 1.54) is 0 Å². The second-order valence-electron chi connectivity index (χ2n) is 6.41. The monoisotopic (exact) mass is 382 g/mol. The van der Waals surface area contributed by atoms with Crippen LogP contribution in [0.25, 0.3) is 5.69 Å². The molecule has 0 unspecified atom stereocenters. The van der Waals surface area contributed by atoms with E-state index in [2.05, 4.69) is 15.6 Å². The number of carbonyl (C=O) groups is 1. The molecule has 1 fully saturated rings. The van der Waals surface area contributed by atoms with Crippen LogP contribution in [0.2, 0.25) is 5.02 Å². The van der Waals surface area contributed by atoms with Gasteiger partial charge in [0.05, 0.1) is 17.9 Å². The lowest BCUT2D eigenvalue weighted by molar-refractivity contribution is 0.0941. The number of halogens is 1. The van der Waals surface area contributed by atoms with Gasteiger partial charge in [-0.2, -0.15) is 0 Å². The average molecular weight is 383 g/mol. The molecule has 1 aliphatic rings. The Hall–Kier alpha value is -2.86. The van der Waals surface area contributed by atoms with Gasteiger partial charge in [-0.1, -0.05) is 41.1 Å². The minimum absolute atomic E-state index is 0.228. The maximum atomic E-state index is 12.6. The van der Waals surface area contributed by atoms with Crippen LogP contribution in [0.1, 0.15) is 34.9 Å². The predicted molar refractivity (Wildman–Crippen MR) is 103 cm³/mol. The number of benzene rings is 2. The van der Waals surface area contributed by atoms with Crippen molar-refractivity contribution in [1.29, 1.82) is 0 Å². The molecule has 1 amide bonds. The molecule has 1 aliphatic carbocycles. The fourth-order valence-corrected chi connectivity index (χ4v) is 3.09. The first-order valence-electron chi connectivity index (χ1n) is 8.90. The molecule has 2 aromatic carbocycles. The number of hydrogen-bond donors (Lipinski definition) is 1. The van der Waals surface area contributed by atoms with E-state index in [4.69, 9.17) is 16.3 Å². The lowest BCUT2D eigenvalue weighted by Gasteiger charge is -2.09. The van der Waals surface area contributed by atoms with Crippen molar-refractivity contribution >= 4 is 17.5 Å². The van der Waals surface area contributed by atoms with Crippen LogP contribution < -0.4 is 10.1 Å². The number of nitrogens with one attached hydrogen (secondary N) is 1. The maximum absolute atomic E-state index is 12.6. The Labute approximate surface area is 162 Å². The van der Waals surface area contributed by atoms with E-state index in [9.17, 15) is 4.79 Å². The number of nitrogens with zero attached hydrogens (tertiary/aromatic N) is 3. The van der Waals surface area contributed by atoms with Crippen molar-refractivity contribution in [2.45, 2.75) is 18.8 Å². The number of carbonyl (C=O) groups excluding carboxylic acids is 1. The molecule has 4 rings (SSSR count). The molecule has 6 nitrogen and oxygen atoms in total. The molecule has 7 heteroatoms. The van der Waals surface area contributed by atoms with Gasteiger partial charge in [0.2, 0.25) is 0 Å². The van der Waals surface area contributed by atoms with Crippen LogP contribution in [-0.2, 0) is 0 Å². The van der Waals surface area contributed by atoms with Crippen LogP contribution in [0.5, 0.6) is 5.75 Å².